The van der Waals surface area contributed by atoms with E-state index in [1.807, 2.05) is 11.8 Å². The first-order chi connectivity index (χ1) is 9.97. The quantitative estimate of drug-likeness (QED) is 0.796. The topological polar surface area (TPSA) is 81.0 Å². The fraction of sp³-hybridized carbons (Fsp3) is 0.562. The van der Waals surface area contributed by atoms with E-state index in [0.29, 0.717) is 5.92 Å². The van der Waals surface area contributed by atoms with Crippen LogP contribution in [0.5, 0.6) is 11.5 Å². The van der Waals surface area contributed by atoms with E-state index in [1.54, 1.807) is 12.1 Å². The SMILES string of the molecule is CC(c1cc(O)cc(O)c1)N1CC2CCCC2C1C(=O)O. The van der Waals surface area contributed by atoms with Gasteiger partial charge in [0.05, 0.1) is 0 Å². The Morgan fingerprint density at radius 3 is 2.52 bits per heavy atom. The summed E-state index contributed by atoms with van der Waals surface area (Å²) in [4.78, 5) is 13.7. The first-order valence-electron chi connectivity index (χ1n) is 7.49. The number of likely N-dealkylation sites (tertiary alicyclic amines) is 1. The first kappa shape index (κ1) is 14.2. The summed E-state index contributed by atoms with van der Waals surface area (Å²) in [5, 5.41) is 28.8. The Morgan fingerprint density at radius 1 is 1.24 bits per heavy atom. The highest BCUT2D eigenvalue weighted by Crippen LogP contribution is 2.45. The van der Waals surface area contributed by atoms with Gasteiger partial charge in [-0.25, -0.2) is 0 Å². The van der Waals surface area contributed by atoms with Crippen molar-refractivity contribution < 1.29 is 20.1 Å². The molecule has 0 aromatic heterocycles. The molecule has 5 nitrogen and oxygen atoms in total. The Hall–Kier alpha value is -1.75. The first-order valence-corrected chi connectivity index (χ1v) is 7.49. The summed E-state index contributed by atoms with van der Waals surface area (Å²) in [6.07, 6.45) is 3.20. The average Bonchev–Trinajstić information content (AvgIpc) is 2.95. The van der Waals surface area contributed by atoms with Gasteiger partial charge < -0.3 is 15.3 Å². The number of aliphatic carboxylic acids is 1. The van der Waals surface area contributed by atoms with Crippen LogP contribution < -0.4 is 0 Å². The zero-order valence-electron chi connectivity index (χ0n) is 12.1. The summed E-state index contributed by atoms with van der Waals surface area (Å²) in [6, 6.07) is 3.87. The molecule has 1 aromatic carbocycles. The number of rotatable bonds is 3. The van der Waals surface area contributed by atoms with Gasteiger partial charge in [-0.05, 0) is 49.3 Å². The fourth-order valence-corrected chi connectivity index (χ4v) is 4.11. The Kier molecular flexibility index (Phi) is 3.53. The van der Waals surface area contributed by atoms with Crippen LogP contribution in [0.25, 0.3) is 0 Å². The van der Waals surface area contributed by atoms with Gasteiger partial charge in [0.15, 0.2) is 0 Å². The molecule has 1 aliphatic heterocycles. The molecule has 0 spiro atoms. The van der Waals surface area contributed by atoms with Crippen LogP contribution in [-0.4, -0.2) is 38.8 Å². The van der Waals surface area contributed by atoms with Gasteiger partial charge >= 0.3 is 5.97 Å². The van der Waals surface area contributed by atoms with Gasteiger partial charge in [0.2, 0.25) is 0 Å². The number of carboxylic acids is 1. The zero-order chi connectivity index (χ0) is 15.1. The van der Waals surface area contributed by atoms with Gasteiger partial charge in [-0.15, -0.1) is 0 Å². The van der Waals surface area contributed by atoms with Crippen molar-refractivity contribution in [2.24, 2.45) is 11.8 Å². The minimum Gasteiger partial charge on any atom is -0.508 e. The number of hydrogen-bond donors (Lipinski definition) is 3. The van der Waals surface area contributed by atoms with E-state index < -0.39 is 12.0 Å². The summed E-state index contributed by atoms with van der Waals surface area (Å²) >= 11 is 0. The molecule has 114 valence electrons. The minimum absolute atomic E-state index is 0.00289. The molecule has 1 heterocycles. The normalized spacial score (nSPS) is 30.2. The molecule has 2 aliphatic rings. The van der Waals surface area contributed by atoms with Crippen molar-refractivity contribution in [2.45, 2.75) is 38.3 Å². The van der Waals surface area contributed by atoms with Crippen molar-refractivity contribution >= 4 is 5.97 Å². The van der Waals surface area contributed by atoms with Crippen molar-refractivity contribution in [1.29, 1.82) is 0 Å². The minimum atomic E-state index is -0.763. The second-order valence-corrected chi connectivity index (χ2v) is 6.29. The Morgan fingerprint density at radius 2 is 1.90 bits per heavy atom. The maximum Gasteiger partial charge on any atom is 0.321 e. The van der Waals surface area contributed by atoms with Crippen LogP contribution in [0.3, 0.4) is 0 Å². The number of aromatic hydroxyl groups is 2. The van der Waals surface area contributed by atoms with E-state index in [-0.39, 0.29) is 23.5 Å². The van der Waals surface area contributed by atoms with Gasteiger partial charge in [0, 0.05) is 18.7 Å². The lowest BCUT2D eigenvalue weighted by atomic mass is 9.94. The Balaban J connectivity index is 1.89. The molecule has 0 amide bonds. The summed E-state index contributed by atoms with van der Waals surface area (Å²) in [7, 11) is 0. The largest absolute Gasteiger partial charge is 0.508 e. The molecular weight excluding hydrogens is 270 g/mol. The predicted octanol–water partition coefficient (Wildman–Crippen LogP) is 2.34. The maximum absolute atomic E-state index is 11.7. The highest BCUT2D eigenvalue weighted by molar-refractivity contribution is 5.74. The highest BCUT2D eigenvalue weighted by Gasteiger charge is 2.49. The monoisotopic (exact) mass is 291 g/mol. The standard InChI is InChI=1S/C16H21NO4/c1-9(11-5-12(18)7-13(19)6-11)17-8-10-3-2-4-14(10)15(17)16(20)21/h5-7,9-10,14-15,18-19H,2-4,8H2,1H3,(H,20,21). The molecule has 3 N–H and O–H groups in total. The van der Waals surface area contributed by atoms with Crippen molar-refractivity contribution in [3.63, 3.8) is 0 Å². The summed E-state index contributed by atoms with van der Waals surface area (Å²) < 4.78 is 0. The van der Waals surface area contributed by atoms with E-state index in [9.17, 15) is 20.1 Å². The third kappa shape index (κ3) is 2.46. The number of nitrogens with zero attached hydrogens (tertiary/aromatic N) is 1. The predicted molar refractivity (Wildman–Crippen MR) is 77.1 cm³/mol. The number of carboxylic acid groups (broad SMARTS) is 1. The van der Waals surface area contributed by atoms with Gasteiger partial charge in [-0.2, -0.15) is 0 Å². The van der Waals surface area contributed by atoms with E-state index in [4.69, 9.17) is 0 Å². The molecule has 2 fully saturated rings. The summed E-state index contributed by atoms with van der Waals surface area (Å²) in [6.45, 7) is 2.71. The van der Waals surface area contributed by atoms with Crippen LogP contribution in [0.4, 0.5) is 0 Å². The van der Waals surface area contributed by atoms with Crippen LogP contribution in [0.2, 0.25) is 0 Å². The van der Waals surface area contributed by atoms with E-state index in [0.717, 1.165) is 31.4 Å². The molecular formula is C16H21NO4. The van der Waals surface area contributed by atoms with Gasteiger partial charge in [-0.3, -0.25) is 9.69 Å². The molecule has 1 saturated carbocycles. The number of phenols is 2. The second-order valence-electron chi connectivity index (χ2n) is 6.29. The molecule has 3 rings (SSSR count). The zero-order valence-corrected chi connectivity index (χ0v) is 12.1. The lowest BCUT2D eigenvalue weighted by molar-refractivity contribution is -0.144. The van der Waals surface area contributed by atoms with Gasteiger partial charge in [0.25, 0.3) is 0 Å². The molecule has 4 unspecified atom stereocenters. The average molecular weight is 291 g/mol. The molecule has 4 atom stereocenters. The van der Waals surface area contributed by atoms with Gasteiger partial charge in [-0.1, -0.05) is 6.42 Å². The third-order valence-corrected chi connectivity index (χ3v) is 5.08. The van der Waals surface area contributed by atoms with E-state index in [1.165, 1.54) is 6.07 Å². The van der Waals surface area contributed by atoms with Crippen molar-refractivity contribution in [3.05, 3.63) is 23.8 Å². The number of hydrogen-bond acceptors (Lipinski definition) is 4. The van der Waals surface area contributed by atoms with Crippen molar-refractivity contribution in [1.82, 2.24) is 4.90 Å². The van der Waals surface area contributed by atoms with Crippen molar-refractivity contribution in [3.8, 4) is 11.5 Å². The lowest BCUT2D eigenvalue weighted by Gasteiger charge is -2.30. The van der Waals surface area contributed by atoms with E-state index in [2.05, 4.69) is 0 Å². The molecule has 0 radical (unpaired) electrons. The van der Waals surface area contributed by atoms with Crippen LogP contribution in [0, 0.1) is 11.8 Å². The third-order valence-electron chi connectivity index (χ3n) is 5.08. The molecule has 1 aromatic rings. The molecule has 21 heavy (non-hydrogen) atoms. The maximum atomic E-state index is 11.7. The van der Waals surface area contributed by atoms with Crippen LogP contribution >= 0.6 is 0 Å². The molecule has 0 bridgehead atoms. The Labute approximate surface area is 123 Å². The van der Waals surface area contributed by atoms with Crippen LogP contribution in [0.15, 0.2) is 18.2 Å². The second kappa shape index (κ2) is 5.22. The van der Waals surface area contributed by atoms with Crippen LogP contribution in [0.1, 0.15) is 37.8 Å². The number of carbonyl (C=O) groups is 1. The number of fused-ring (bicyclic) bond motifs is 1. The highest BCUT2D eigenvalue weighted by atomic mass is 16.4. The lowest BCUT2D eigenvalue weighted by Crippen LogP contribution is -2.41. The molecule has 1 saturated heterocycles. The molecule has 5 heteroatoms. The fourth-order valence-electron chi connectivity index (χ4n) is 4.11. The summed E-state index contributed by atoms with van der Waals surface area (Å²) in [5.41, 5.74) is 0.749. The van der Waals surface area contributed by atoms with Gasteiger partial charge in [0.1, 0.15) is 17.5 Å². The number of phenolic OH excluding ortho intramolecular Hbond substituents is 2. The Bertz CT molecular complexity index is 539. The summed E-state index contributed by atoms with van der Waals surface area (Å²) in [5.74, 6) is -0.0674. The van der Waals surface area contributed by atoms with E-state index >= 15 is 0 Å². The number of benzene rings is 1. The smallest absolute Gasteiger partial charge is 0.321 e. The van der Waals surface area contributed by atoms with Crippen molar-refractivity contribution in [2.75, 3.05) is 6.54 Å². The van der Waals surface area contributed by atoms with Crippen LogP contribution in [-0.2, 0) is 4.79 Å². The molecule has 1 aliphatic carbocycles.